The van der Waals surface area contributed by atoms with E-state index in [9.17, 15) is 0 Å². The van der Waals surface area contributed by atoms with E-state index in [1.165, 1.54) is 11.1 Å². The third-order valence-electron chi connectivity index (χ3n) is 3.54. The van der Waals surface area contributed by atoms with Crippen LogP contribution in [0, 0.1) is 11.3 Å². The molecule has 0 aromatic heterocycles. The first-order chi connectivity index (χ1) is 7.00. The molecule has 0 aromatic rings. The van der Waals surface area contributed by atoms with Gasteiger partial charge in [0.2, 0.25) is 0 Å². The van der Waals surface area contributed by atoms with E-state index in [2.05, 4.69) is 33.4 Å². The van der Waals surface area contributed by atoms with Crippen LogP contribution >= 0.6 is 0 Å². The molecular formula is C14H22O. The molecule has 0 aliphatic heterocycles. The maximum Gasteiger partial charge on any atom is 0.108 e. The second-order valence-corrected chi connectivity index (χ2v) is 4.84. The molecule has 0 N–H and O–H groups in total. The lowest BCUT2D eigenvalue weighted by Gasteiger charge is -2.31. The number of allylic oxidation sites excluding steroid dienone is 3. The Morgan fingerprint density at radius 3 is 2.80 bits per heavy atom. The summed E-state index contributed by atoms with van der Waals surface area (Å²) in [5, 5.41) is 0. The average Bonchev–Trinajstić information content (AvgIpc) is 2.42. The van der Waals surface area contributed by atoms with Crippen LogP contribution in [0.3, 0.4) is 0 Å². The van der Waals surface area contributed by atoms with Crippen LogP contribution in [-0.4, -0.2) is 6.61 Å². The van der Waals surface area contributed by atoms with Crippen LogP contribution in [0.1, 0.15) is 34.1 Å². The van der Waals surface area contributed by atoms with E-state index in [0.717, 1.165) is 6.42 Å². The lowest BCUT2D eigenvalue weighted by atomic mass is 9.74. The van der Waals surface area contributed by atoms with Gasteiger partial charge in [-0.25, -0.2) is 0 Å². The molecule has 0 aromatic carbocycles. The van der Waals surface area contributed by atoms with Crippen LogP contribution < -0.4 is 0 Å². The van der Waals surface area contributed by atoms with E-state index in [0.29, 0.717) is 12.5 Å². The molecule has 15 heavy (non-hydrogen) atoms. The molecule has 1 aliphatic rings. The fourth-order valence-electron chi connectivity index (χ4n) is 2.16. The Hall–Kier alpha value is -0.980. The quantitative estimate of drug-likeness (QED) is 0.497. The zero-order valence-corrected chi connectivity index (χ0v) is 10.3. The van der Waals surface area contributed by atoms with E-state index in [4.69, 9.17) is 4.74 Å². The van der Waals surface area contributed by atoms with Crippen molar-refractivity contribution in [3.05, 3.63) is 36.1 Å². The van der Waals surface area contributed by atoms with Crippen molar-refractivity contribution in [2.45, 2.75) is 34.1 Å². The molecule has 0 bridgehead atoms. The molecule has 0 saturated carbocycles. The van der Waals surface area contributed by atoms with Crippen LogP contribution in [0.5, 0.6) is 0 Å². The molecule has 1 nitrogen and oxygen atoms in total. The summed E-state index contributed by atoms with van der Waals surface area (Å²) in [6.07, 6.45) is 7.06. The maximum atomic E-state index is 5.38. The van der Waals surface area contributed by atoms with Crippen LogP contribution in [-0.2, 0) is 4.74 Å². The van der Waals surface area contributed by atoms with Crippen molar-refractivity contribution in [1.29, 1.82) is 0 Å². The Kier molecular flexibility index (Phi) is 3.78. The first-order valence-electron chi connectivity index (χ1n) is 5.57. The van der Waals surface area contributed by atoms with Crippen molar-refractivity contribution in [3.63, 3.8) is 0 Å². The molecule has 84 valence electrons. The Labute approximate surface area is 93.5 Å². The van der Waals surface area contributed by atoms with E-state index < -0.39 is 0 Å². The normalized spacial score (nSPS) is 24.3. The highest BCUT2D eigenvalue weighted by molar-refractivity contribution is 5.25. The van der Waals surface area contributed by atoms with Crippen molar-refractivity contribution in [3.8, 4) is 0 Å². The highest BCUT2D eigenvalue weighted by atomic mass is 16.5. The first kappa shape index (κ1) is 12.1. The van der Waals surface area contributed by atoms with Crippen molar-refractivity contribution in [2.24, 2.45) is 11.3 Å². The Balaban J connectivity index is 2.56. The summed E-state index contributed by atoms with van der Waals surface area (Å²) in [5.74, 6) is 0.530. The molecule has 0 spiro atoms. The van der Waals surface area contributed by atoms with Gasteiger partial charge in [-0.05, 0) is 37.2 Å². The van der Waals surface area contributed by atoms with Gasteiger partial charge in [-0.1, -0.05) is 38.2 Å². The monoisotopic (exact) mass is 206 g/mol. The van der Waals surface area contributed by atoms with Gasteiger partial charge in [0.1, 0.15) is 6.61 Å². The highest BCUT2D eigenvalue weighted by Gasteiger charge is 2.36. The third kappa shape index (κ3) is 2.53. The average molecular weight is 206 g/mol. The molecule has 1 heteroatoms. The molecule has 1 atom stereocenters. The highest BCUT2D eigenvalue weighted by Crippen LogP contribution is 2.46. The molecule has 1 unspecified atom stereocenters. The molecule has 1 aliphatic carbocycles. The number of hydrogen-bond donors (Lipinski definition) is 0. The van der Waals surface area contributed by atoms with Crippen molar-refractivity contribution in [1.82, 2.24) is 0 Å². The van der Waals surface area contributed by atoms with Gasteiger partial charge in [0.05, 0.1) is 6.26 Å². The van der Waals surface area contributed by atoms with Gasteiger partial charge >= 0.3 is 0 Å². The second-order valence-electron chi connectivity index (χ2n) is 4.84. The van der Waals surface area contributed by atoms with E-state index >= 15 is 0 Å². The molecule has 0 fully saturated rings. The summed E-state index contributed by atoms with van der Waals surface area (Å²) in [7, 11) is 0. The largest absolute Gasteiger partial charge is 0.497 e. The van der Waals surface area contributed by atoms with Gasteiger partial charge < -0.3 is 4.74 Å². The summed E-state index contributed by atoms with van der Waals surface area (Å²) in [6, 6.07) is 0. The summed E-state index contributed by atoms with van der Waals surface area (Å²) in [5.41, 5.74) is 2.92. The first-order valence-corrected chi connectivity index (χ1v) is 5.57. The molecule has 0 radical (unpaired) electrons. The van der Waals surface area contributed by atoms with Crippen LogP contribution in [0.15, 0.2) is 36.1 Å². The summed E-state index contributed by atoms with van der Waals surface area (Å²) < 4.78 is 5.38. The molecular weight excluding hydrogens is 184 g/mol. The summed E-state index contributed by atoms with van der Waals surface area (Å²) in [4.78, 5) is 0. The molecule has 0 heterocycles. The minimum Gasteiger partial charge on any atom is -0.497 e. The van der Waals surface area contributed by atoms with E-state index in [1.807, 2.05) is 13.0 Å². The molecule has 1 rings (SSSR count). The predicted molar refractivity (Wildman–Crippen MR) is 65.6 cm³/mol. The molecule has 0 amide bonds. The van der Waals surface area contributed by atoms with Crippen molar-refractivity contribution in [2.75, 3.05) is 6.61 Å². The minimum atomic E-state index is 0.246. The number of hydrogen-bond acceptors (Lipinski definition) is 1. The number of ether oxygens (including phenoxy) is 1. The van der Waals surface area contributed by atoms with Crippen molar-refractivity contribution >= 4 is 0 Å². The zero-order valence-electron chi connectivity index (χ0n) is 10.3. The zero-order chi connectivity index (χ0) is 11.5. The lowest BCUT2D eigenvalue weighted by molar-refractivity contribution is 0.241. The molecule has 0 saturated heterocycles. The van der Waals surface area contributed by atoms with Gasteiger partial charge in [0, 0.05) is 0 Å². The fraction of sp³-hybridized carbons (Fsp3) is 0.571. The minimum absolute atomic E-state index is 0.246. The maximum absolute atomic E-state index is 5.38. The third-order valence-corrected chi connectivity index (χ3v) is 3.54. The van der Waals surface area contributed by atoms with Gasteiger partial charge in [0.25, 0.3) is 0 Å². The van der Waals surface area contributed by atoms with Crippen LogP contribution in [0.2, 0.25) is 0 Å². The Morgan fingerprint density at radius 1 is 1.67 bits per heavy atom. The van der Waals surface area contributed by atoms with Crippen LogP contribution in [0.4, 0.5) is 0 Å². The Bertz CT molecular complexity index is 294. The topological polar surface area (TPSA) is 9.23 Å². The van der Waals surface area contributed by atoms with Gasteiger partial charge in [-0.3, -0.25) is 0 Å². The van der Waals surface area contributed by atoms with Crippen LogP contribution in [0.25, 0.3) is 0 Å². The van der Waals surface area contributed by atoms with Crippen molar-refractivity contribution < 1.29 is 4.74 Å². The van der Waals surface area contributed by atoms with E-state index in [-0.39, 0.29) is 5.41 Å². The SMILES string of the molecule is C=C(CO/C=C\C)C1CC=C(C)C1(C)C. The summed E-state index contributed by atoms with van der Waals surface area (Å²) >= 11 is 0. The lowest BCUT2D eigenvalue weighted by Crippen LogP contribution is -2.23. The van der Waals surface area contributed by atoms with E-state index in [1.54, 1.807) is 6.26 Å². The summed E-state index contributed by atoms with van der Waals surface area (Å²) in [6.45, 7) is 13.5. The Morgan fingerprint density at radius 2 is 2.33 bits per heavy atom. The van der Waals surface area contributed by atoms with Gasteiger partial charge in [0.15, 0.2) is 0 Å². The predicted octanol–water partition coefficient (Wildman–Crippen LogP) is 4.09. The standard InChI is InChI=1S/C14H22O/c1-6-9-15-10-11(2)13-8-7-12(3)14(13,4)5/h6-7,9,13H,2,8,10H2,1,3-5H3/b9-6-. The van der Waals surface area contributed by atoms with Gasteiger partial charge in [-0.2, -0.15) is 0 Å². The number of rotatable bonds is 4. The fourth-order valence-corrected chi connectivity index (χ4v) is 2.16. The smallest absolute Gasteiger partial charge is 0.108 e. The second kappa shape index (κ2) is 4.69. The van der Waals surface area contributed by atoms with Gasteiger partial charge in [-0.15, -0.1) is 0 Å².